The van der Waals surface area contributed by atoms with E-state index in [1.807, 2.05) is 0 Å². The van der Waals surface area contributed by atoms with Gasteiger partial charge in [0.2, 0.25) is 0 Å². The topological polar surface area (TPSA) is 38.0 Å². The van der Waals surface area contributed by atoms with Gasteiger partial charge in [0.1, 0.15) is 11.6 Å². The van der Waals surface area contributed by atoms with Crippen molar-refractivity contribution in [1.82, 2.24) is 5.43 Å². The van der Waals surface area contributed by atoms with Crippen molar-refractivity contribution in [3.63, 3.8) is 0 Å². The third-order valence-corrected chi connectivity index (χ3v) is 3.97. The Kier molecular flexibility index (Phi) is 5.10. The molecule has 2 aromatic carbocycles. The number of rotatable bonds is 4. The first-order chi connectivity index (χ1) is 9.51. The summed E-state index contributed by atoms with van der Waals surface area (Å²) in [6, 6.07) is 8.52. The van der Waals surface area contributed by atoms with Gasteiger partial charge in [0, 0.05) is 4.47 Å². The van der Waals surface area contributed by atoms with Gasteiger partial charge in [-0.05, 0) is 47.9 Å². The van der Waals surface area contributed by atoms with Gasteiger partial charge in [0.15, 0.2) is 0 Å². The molecule has 0 heterocycles. The monoisotopic (exact) mass is 360 g/mol. The van der Waals surface area contributed by atoms with Gasteiger partial charge in [0.25, 0.3) is 0 Å². The van der Waals surface area contributed by atoms with Gasteiger partial charge >= 0.3 is 0 Å². The molecular weight excluding hydrogens is 350 g/mol. The molecule has 1 unspecified atom stereocenters. The highest BCUT2D eigenvalue weighted by Crippen LogP contribution is 2.27. The van der Waals surface area contributed by atoms with Gasteiger partial charge < -0.3 is 0 Å². The predicted molar refractivity (Wildman–Crippen MR) is 79.3 cm³/mol. The molecule has 0 aromatic heterocycles. The maximum Gasteiger partial charge on any atom is 0.141 e. The van der Waals surface area contributed by atoms with Crippen LogP contribution >= 0.6 is 27.5 Å². The highest BCUT2D eigenvalue weighted by Gasteiger charge is 2.15. The van der Waals surface area contributed by atoms with Crippen LogP contribution in [0.3, 0.4) is 0 Å². The van der Waals surface area contributed by atoms with Crippen LogP contribution in [0.2, 0.25) is 5.02 Å². The molecule has 0 bridgehead atoms. The second-order valence-corrected chi connectivity index (χ2v) is 5.60. The number of hydrogen-bond donors (Lipinski definition) is 2. The molecule has 0 saturated carbocycles. The van der Waals surface area contributed by atoms with Crippen LogP contribution in [-0.2, 0) is 6.42 Å². The Balaban J connectivity index is 2.28. The Morgan fingerprint density at radius 2 is 1.95 bits per heavy atom. The lowest BCUT2D eigenvalue weighted by Crippen LogP contribution is -2.30. The third kappa shape index (κ3) is 3.55. The molecule has 2 nitrogen and oxygen atoms in total. The Morgan fingerprint density at radius 1 is 1.20 bits per heavy atom. The van der Waals surface area contributed by atoms with Crippen LogP contribution in [0, 0.1) is 11.6 Å². The molecule has 0 aliphatic rings. The van der Waals surface area contributed by atoms with Gasteiger partial charge in [-0.2, -0.15) is 0 Å². The van der Waals surface area contributed by atoms with E-state index in [1.165, 1.54) is 24.3 Å². The third-order valence-electron chi connectivity index (χ3n) is 2.96. The Hall–Kier alpha value is -1.01. The largest absolute Gasteiger partial charge is 0.271 e. The quantitative estimate of drug-likeness (QED) is 0.635. The number of hydrogen-bond acceptors (Lipinski definition) is 2. The van der Waals surface area contributed by atoms with Crippen molar-refractivity contribution in [3.05, 3.63) is 68.7 Å². The van der Waals surface area contributed by atoms with Crippen molar-refractivity contribution >= 4 is 27.5 Å². The molecule has 2 aromatic rings. The minimum absolute atomic E-state index is 0.0524. The number of nitrogens with one attached hydrogen (secondary N) is 1. The summed E-state index contributed by atoms with van der Waals surface area (Å²) in [4.78, 5) is 0. The molecule has 0 fully saturated rings. The first kappa shape index (κ1) is 15.4. The zero-order chi connectivity index (χ0) is 14.7. The molecule has 0 amide bonds. The molecule has 0 saturated heterocycles. The number of benzene rings is 2. The first-order valence-electron chi connectivity index (χ1n) is 5.86. The first-order valence-corrected chi connectivity index (χ1v) is 7.03. The van der Waals surface area contributed by atoms with Gasteiger partial charge in [-0.25, -0.2) is 8.78 Å². The van der Waals surface area contributed by atoms with Crippen LogP contribution in [-0.4, -0.2) is 0 Å². The molecule has 20 heavy (non-hydrogen) atoms. The summed E-state index contributed by atoms with van der Waals surface area (Å²) >= 11 is 9.11. The number of halogens is 4. The minimum Gasteiger partial charge on any atom is -0.271 e. The molecule has 2 rings (SSSR count). The SMILES string of the molecule is NNC(Cc1ccc(F)c(Cl)c1)c1cc(F)ccc1Br. The standard InChI is InChI=1S/C14H12BrClF2N2/c15-11-3-2-9(17)7-10(11)14(20-19)6-8-1-4-13(18)12(16)5-8/h1-5,7,14,20H,6,19H2. The van der Waals surface area contributed by atoms with Crippen molar-refractivity contribution < 1.29 is 8.78 Å². The maximum atomic E-state index is 13.3. The van der Waals surface area contributed by atoms with E-state index in [-0.39, 0.29) is 16.9 Å². The lowest BCUT2D eigenvalue weighted by molar-refractivity contribution is 0.541. The van der Waals surface area contributed by atoms with Crippen molar-refractivity contribution in [3.8, 4) is 0 Å². The predicted octanol–water partition coefficient (Wildman–Crippen LogP) is 4.13. The van der Waals surface area contributed by atoms with E-state index in [4.69, 9.17) is 17.4 Å². The Bertz CT molecular complexity index is 622. The van der Waals surface area contributed by atoms with Gasteiger partial charge in [-0.15, -0.1) is 0 Å². The molecule has 0 aliphatic heterocycles. The van der Waals surface area contributed by atoms with Gasteiger partial charge in [-0.1, -0.05) is 33.6 Å². The summed E-state index contributed by atoms with van der Waals surface area (Å²) in [5.41, 5.74) is 4.12. The second-order valence-electron chi connectivity index (χ2n) is 4.34. The van der Waals surface area contributed by atoms with E-state index < -0.39 is 5.82 Å². The molecule has 0 radical (unpaired) electrons. The van der Waals surface area contributed by atoms with Gasteiger partial charge in [-0.3, -0.25) is 11.3 Å². The van der Waals surface area contributed by atoms with E-state index in [0.717, 1.165) is 10.0 Å². The van der Waals surface area contributed by atoms with Crippen LogP contribution in [0.1, 0.15) is 17.2 Å². The summed E-state index contributed by atoms with van der Waals surface area (Å²) in [5.74, 6) is 4.72. The maximum absolute atomic E-state index is 13.3. The van der Waals surface area contributed by atoms with Crippen LogP contribution < -0.4 is 11.3 Å². The summed E-state index contributed by atoms with van der Waals surface area (Å²) in [6.07, 6.45) is 0.457. The fourth-order valence-electron chi connectivity index (χ4n) is 1.94. The van der Waals surface area contributed by atoms with Gasteiger partial charge in [0.05, 0.1) is 11.1 Å². The van der Waals surface area contributed by atoms with Crippen LogP contribution in [0.5, 0.6) is 0 Å². The van der Waals surface area contributed by atoms with E-state index in [0.29, 0.717) is 12.0 Å². The summed E-state index contributed by atoms with van der Waals surface area (Å²) in [6.45, 7) is 0. The van der Waals surface area contributed by atoms with Crippen molar-refractivity contribution in [2.45, 2.75) is 12.5 Å². The molecular formula is C14H12BrClF2N2. The molecule has 0 aliphatic carbocycles. The van der Waals surface area contributed by atoms with E-state index in [9.17, 15) is 8.78 Å². The van der Waals surface area contributed by atoms with Crippen molar-refractivity contribution in [2.24, 2.45) is 5.84 Å². The highest BCUT2D eigenvalue weighted by molar-refractivity contribution is 9.10. The van der Waals surface area contributed by atoms with Crippen LogP contribution in [0.25, 0.3) is 0 Å². The lowest BCUT2D eigenvalue weighted by atomic mass is 9.99. The fraction of sp³-hybridized carbons (Fsp3) is 0.143. The average molecular weight is 362 g/mol. The molecule has 106 valence electrons. The van der Waals surface area contributed by atoms with E-state index in [2.05, 4.69) is 21.4 Å². The molecule has 1 atom stereocenters. The normalized spacial score (nSPS) is 12.4. The Morgan fingerprint density at radius 3 is 2.60 bits per heavy atom. The van der Waals surface area contributed by atoms with Crippen LogP contribution in [0.15, 0.2) is 40.9 Å². The summed E-state index contributed by atoms with van der Waals surface area (Å²) < 4.78 is 27.2. The molecule has 0 spiro atoms. The minimum atomic E-state index is -0.473. The molecule has 3 N–H and O–H groups in total. The van der Waals surface area contributed by atoms with E-state index in [1.54, 1.807) is 12.1 Å². The average Bonchev–Trinajstić information content (AvgIpc) is 2.43. The molecule has 6 heteroatoms. The van der Waals surface area contributed by atoms with Crippen LogP contribution in [0.4, 0.5) is 8.78 Å². The summed E-state index contributed by atoms with van der Waals surface area (Å²) in [7, 11) is 0. The Labute approximate surface area is 129 Å². The highest BCUT2D eigenvalue weighted by atomic mass is 79.9. The smallest absolute Gasteiger partial charge is 0.141 e. The second kappa shape index (κ2) is 6.63. The van der Waals surface area contributed by atoms with Crippen molar-refractivity contribution in [1.29, 1.82) is 0 Å². The summed E-state index contributed by atoms with van der Waals surface area (Å²) in [5, 5.41) is 0.0524. The van der Waals surface area contributed by atoms with Crippen molar-refractivity contribution in [2.75, 3.05) is 0 Å². The number of hydrazine groups is 1. The lowest BCUT2D eigenvalue weighted by Gasteiger charge is -2.18. The number of nitrogens with two attached hydrogens (primary N) is 1. The zero-order valence-electron chi connectivity index (χ0n) is 10.3. The zero-order valence-corrected chi connectivity index (χ0v) is 12.7. The fourth-order valence-corrected chi connectivity index (χ4v) is 2.67. The van der Waals surface area contributed by atoms with E-state index >= 15 is 0 Å².